The summed E-state index contributed by atoms with van der Waals surface area (Å²) in [5.74, 6) is 1.04. The van der Waals surface area contributed by atoms with Gasteiger partial charge in [0.1, 0.15) is 0 Å². The molecule has 2 heterocycles. The van der Waals surface area contributed by atoms with E-state index in [9.17, 15) is 4.79 Å². The Morgan fingerprint density at radius 1 is 1.31 bits per heavy atom. The lowest BCUT2D eigenvalue weighted by molar-refractivity contribution is 0.0914. The summed E-state index contributed by atoms with van der Waals surface area (Å²) in [5.41, 5.74) is 2.11. The largest absolute Gasteiger partial charge is 0.348 e. The highest BCUT2D eigenvalue weighted by Crippen LogP contribution is 2.51. The minimum atomic E-state index is -0.0357. The molecule has 1 aliphatic carbocycles. The molecule has 0 unspecified atom stereocenters. The van der Waals surface area contributed by atoms with Crippen molar-refractivity contribution in [2.24, 2.45) is 5.41 Å². The highest BCUT2D eigenvalue weighted by Gasteiger charge is 2.45. The van der Waals surface area contributed by atoms with Crippen LogP contribution < -0.4 is 5.32 Å². The lowest BCUT2D eigenvalue weighted by Gasteiger charge is -2.34. The second kappa shape index (κ2) is 6.83. The number of hydrogen-bond acceptors (Lipinski definition) is 5. The topological polar surface area (TPSA) is 71.3 Å². The Morgan fingerprint density at radius 2 is 2.08 bits per heavy atom. The number of aryl methyl sites for hydroxylation is 1. The number of carbonyl (C=O) groups excluding carboxylic acids is 1. The SMILES string of the molecule is Cc1nc(-c2ccc(C(=O)N[C@H](C)CN3CCCC4(CC4)C3)cc2)no1. The third-order valence-electron chi connectivity index (χ3n) is 5.54. The summed E-state index contributed by atoms with van der Waals surface area (Å²) in [6.07, 6.45) is 5.45. The molecule has 1 saturated heterocycles. The van der Waals surface area contributed by atoms with Crippen LogP contribution in [0.2, 0.25) is 0 Å². The van der Waals surface area contributed by atoms with Gasteiger partial charge in [0.05, 0.1) is 0 Å². The summed E-state index contributed by atoms with van der Waals surface area (Å²) in [7, 11) is 0. The van der Waals surface area contributed by atoms with Crippen molar-refractivity contribution in [3.63, 3.8) is 0 Å². The number of nitrogens with zero attached hydrogens (tertiary/aromatic N) is 3. The fourth-order valence-electron chi connectivity index (χ4n) is 3.98. The summed E-state index contributed by atoms with van der Waals surface area (Å²) in [5, 5.41) is 7.02. The van der Waals surface area contributed by atoms with E-state index >= 15 is 0 Å². The predicted octanol–water partition coefficient (Wildman–Crippen LogP) is 3.04. The van der Waals surface area contributed by atoms with E-state index < -0.39 is 0 Å². The second-order valence-corrected chi connectivity index (χ2v) is 7.93. The first-order valence-corrected chi connectivity index (χ1v) is 9.47. The highest BCUT2D eigenvalue weighted by atomic mass is 16.5. The van der Waals surface area contributed by atoms with E-state index in [1.54, 1.807) is 6.92 Å². The number of carbonyl (C=O) groups is 1. The highest BCUT2D eigenvalue weighted by molar-refractivity contribution is 5.94. The number of piperidine rings is 1. The van der Waals surface area contributed by atoms with Crippen molar-refractivity contribution < 1.29 is 9.32 Å². The van der Waals surface area contributed by atoms with Crippen molar-refractivity contribution in [2.45, 2.75) is 45.6 Å². The minimum absolute atomic E-state index is 0.0357. The van der Waals surface area contributed by atoms with E-state index in [1.807, 2.05) is 24.3 Å². The third kappa shape index (κ3) is 3.80. The predicted molar refractivity (Wildman–Crippen MR) is 98.7 cm³/mol. The summed E-state index contributed by atoms with van der Waals surface area (Å²) in [6, 6.07) is 7.46. The average Bonchev–Trinajstić information content (AvgIpc) is 3.21. The van der Waals surface area contributed by atoms with Crippen LogP contribution >= 0.6 is 0 Å². The average molecular weight is 354 g/mol. The van der Waals surface area contributed by atoms with Gasteiger partial charge >= 0.3 is 0 Å². The number of aromatic nitrogens is 2. The Labute approximate surface area is 154 Å². The second-order valence-electron chi connectivity index (χ2n) is 7.93. The number of hydrogen-bond donors (Lipinski definition) is 1. The van der Waals surface area contributed by atoms with Gasteiger partial charge in [0, 0.05) is 37.2 Å². The van der Waals surface area contributed by atoms with Gasteiger partial charge in [0.15, 0.2) is 0 Å². The number of benzene rings is 1. The summed E-state index contributed by atoms with van der Waals surface area (Å²) < 4.78 is 5.00. The maximum Gasteiger partial charge on any atom is 0.251 e. The molecule has 0 radical (unpaired) electrons. The summed E-state index contributed by atoms with van der Waals surface area (Å²) >= 11 is 0. The van der Waals surface area contributed by atoms with Crippen LogP contribution in [-0.2, 0) is 0 Å². The molecular weight excluding hydrogens is 328 g/mol. The van der Waals surface area contributed by atoms with Crippen molar-refractivity contribution in [1.82, 2.24) is 20.4 Å². The number of amides is 1. The first kappa shape index (κ1) is 17.2. The van der Waals surface area contributed by atoms with Crippen LogP contribution in [0.4, 0.5) is 0 Å². The molecule has 1 saturated carbocycles. The molecule has 6 nitrogen and oxygen atoms in total. The van der Waals surface area contributed by atoms with Gasteiger partial charge in [-0.1, -0.05) is 17.3 Å². The normalized spacial score (nSPS) is 20.1. The van der Waals surface area contributed by atoms with Crippen molar-refractivity contribution in [3.05, 3.63) is 35.7 Å². The molecule has 1 N–H and O–H groups in total. The Bertz CT molecular complexity index is 779. The molecule has 0 bridgehead atoms. The maximum absolute atomic E-state index is 12.5. The van der Waals surface area contributed by atoms with E-state index in [0.29, 0.717) is 22.7 Å². The fourth-order valence-corrected chi connectivity index (χ4v) is 3.98. The lowest BCUT2D eigenvalue weighted by Crippen LogP contribution is -2.46. The van der Waals surface area contributed by atoms with Crippen molar-refractivity contribution in [1.29, 1.82) is 0 Å². The summed E-state index contributed by atoms with van der Waals surface area (Å²) in [4.78, 5) is 19.2. The molecule has 1 aromatic carbocycles. The number of nitrogens with one attached hydrogen (secondary N) is 1. The van der Waals surface area contributed by atoms with Gasteiger partial charge in [-0.15, -0.1) is 0 Å². The Balaban J connectivity index is 1.32. The van der Waals surface area contributed by atoms with Gasteiger partial charge in [-0.05, 0) is 56.7 Å². The first-order valence-electron chi connectivity index (χ1n) is 9.47. The molecular formula is C20H26N4O2. The smallest absolute Gasteiger partial charge is 0.251 e. The van der Waals surface area contributed by atoms with Crippen LogP contribution in [0.1, 0.15) is 48.9 Å². The van der Waals surface area contributed by atoms with Crippen LogP contribution in [0.15, 0.2) is 28.8 Å². The number of likely N-dealkylation sites (tertiary alicyclic amines) is 1. The third-order valence-corrected chi connectivity index (χ3v) is 5.54. The summed E-state index contributed by atoms with van der Waals surface area (Å²) in [6.45, 7) is 7.12. The first-order chi connectivity index (χ1) is 12.5. The molecule has 1 atom stereocenters. The minimum Gasteiger partial charge on any atom is -0.348 e. The van der Waals surface area contributed by atoms with Gasteiger partial charge in [0.25, 0.3) is 5.91 Å². The molecule has 1 spiro atoms. The van der Waals surface area contributed by atoms with Crippen LogP contribution in [0, 0.1) is 12.3 Å². The standard InChI is InChI=1S/C20H26N4O2/c1-14(12-24-11-3-8-20(13-24)9-10-20)21-19(25)17-6-4-16(5-7-17)18-22-15(2)26-23-18/h4-7,14H,3,8-13H2,1-2H3,(H,21,25)/t14-/m1/s1. The Morgan fingerprint density at radius 3 is 2.73 bits per heavy atom. The van der Waals surface area contributed by atoms with E-state index in [-0.39, 0.29) is 11.9 Å². The molecule has 6 heteroatoms. The van der Waals surface area contributed by atoms with Crippen molar-refractivity contribution in [2.75, 3.05) is 19.6 Å². The fraction of sp³-hybridized carbons (Fsp3) is 0.550. The van der Waals surface area contributed by atoms with Gasteiger partial charge < -0.3 is 14.7 Å². The molecule has 1 aromatic heterocycles. The molecule has 26 heavy (non-hydrogen) atoms. The van der Waals surface area contributed by atoms with Crippen LogP contribution in [0.3, 0.4) is 0 Å². The van der Waals surface area contributed by atoms with Gasteiger partial charge in [-0.3, -0.25) is 4.79 Å². The molecule has 1 amide bonds. The number of rotatable bonds is 5. The molecule has 2 aromatic rings. The zero-order chi connectivity index (χ0) is 18.1. The van der Waals surface area contributed by atoms with Crippen LogP contribution in [0.25, 0.3) is 11.4 Å². The Kier molecular flexibility index (Phi) is 4.53. The zero-order valence-electron chi connectivity index (χ0n) is 15.5. The van der Waals surface area contributed by atoms with E-state index in [4.69, 9.17) is 4.52 Å². The molecule has 2 fully saturated rings. The van der Waals surface area contributed by atoms with Gasteiger partial charge in [0.2, 0.25) is 11.7 Å². The molecule has 4 rings (SSSR count). The molecule has 138 valence electrons. The van der Waals surface area contributed by atoms with Crippen LogP contribution in [0.5, 0.6) is 0 Å². The Hall–Kier alpha value is -2.21. The van der Waals surface area contributed by atoms with E-state index in [1.165, 1.54) is 32.2 Å². The lowest BCUT2D eigenvalue weighted by atomic mass is 9.95. The maximum atomic E-state index is 12.5. The van der Waals surface area contributed by atoms with Crippen LogP contribution in [-0.4, -0.2) is 46.6 Å². The van der Waals surface area contributed by atoms with Gasteiger partial charge in [-0.25, -0.2) is 0 Å². The van der Waals surface area contributed by atoms with Crippen molar-refractivity contribution in [3.8, 4) is 11.4 Å². The molecule has 1 aliphatic heterocycles. The van der Waals surface area contributed by atoms with Crippen molar-refractivity contribution >= 4 is 5.91 Å². The quantitative estimate of drug-likeness (QED) is 0.893. The van der Waals surface area contributed by atoms with Gasteiger partial charge in [-0.2, -0.15) is 4.98 Å². The monoisotopic (exact) mass is 354 g/mol. The van der Waals surface area contributed by atoms with E-state index in [0.717, 1.165) is 18.7 Å². The van der Waals surface area contributed by atoms with E-state index in [2.05, 4.69) is 27.3 Å². The molecule has 2 aliphatic rings. The zero-order valence-corrected chi connectivity index (χ0v) is 15.5.